The van der Waals surface area contributed by atoms with Gasteiger partial charge in [-0.15, -0.1) is 11.6 Å². The fourth-order valence-electron chi connectivity index (χ4n) is 0.957. The van der Waals surface area contributed by atoms with E-state index in [1.54, 1.807) is 6.92 Å². The molecule has 0 bridgehead atoms. The van der Waals surface area contributed by atoms with Gasteiger partial charge in [0, 0.05) is 5.38 Å². The highest BCUT2D eigenvalue weighted by Crippen LogP contribution is 2.54. The van der Waals surface area contributed by atoms with Crippen LogP contribution < -0.4 is 0 Å². The summed E-state index contributed by atoms with van der Waals surface area (Å²) in [4.78, 5) is 0. The highest BCUT2D eigenvalue weighted by atomic mass is 35.5. The molecule has 0 aromatic carbocycles. The lowest BCUT2D eigenvalue weighted by atomic mass is 10.5. The van der Waals surface area contributed by atoms with Gasteiger partial charge in [0.25, 0.3) is 0 Å². The topological polar surface area (TPSA) is 35.5 Å². The van der Waals surface area contributed by atoms with Gasteiger partial charge in [0.1, 0.15) is 0 Å². The Bertz CT molecular complexity index is 183. The molecule has 3 nitrogen and oxygen atoms in total. The van der Waals surface area contributed by atoms with Gasteiger partial charge < -0.3 is 9.05 Å². The van der Waals surface area contributed by atoms with Gasteiger partial charge in [-0.1, -0.05) is 0 Å². The molecule has 5 heteroatoms. The van der Waals surface area contributed by atoms with Crippen LogP contribution in [0.3, 0.4) is 0 Å². The van der Waals surface area contributed by atoms with Gasteiger partial charge in [0.15, 0.2) is 0 Å². The number of halogens is 1. The summed E-state index contributed by atoms with van der Waals surface area (Å²) in [6.45, 7) is 4.02. The first-order valence-electron chi connectivity index (χ1n) is 3.58. The summed E-state index contributed by atoms with van der Waals surface area (Å²) >= 11 is 5.66. The molecule has 3 atom stereocenters. The Hall–Kier alpha value is 0.440. The van der Waals surface area contributed by atoms with E-state index in [0.717, 1.165) is 0 Å². The van der Waals surface area contributed by atoms with Crippen molar-refractivity contribution in [1.82, 2.24) is 0 Å². The van der Waals surface area contributed by atoms with Gasteiger partial charge in [0.05, 0.1) is 18.9 Å². The van der Waals surface area contributed by atoms with E-state index < -0.39 is 7.60 Å². The molecule has 0 aliphatic carbocycles. The number of rotatable bonds is 2. The summed E-state index contributed by atoms with van der Waals surface area (Å²) in [6.07, 6.45) is 0.245. The summed E-state index contributed by atoms with van der Waals surface area (Å²) in [5.41, 5.74) is 0. The van der Waals surface area contributed by atoms with Crippen LogP contribution in [0.5, 0.6) is 0 Å². The van der Waals surface area contributed by atoms with Gasteiger partial charge in [-0.3, -0.25) is 4.57 Å². The lowest BCUT2D eigenvalue weighted by Crippen LogP contribution is -2.02. The average molecular weight is 199 g/mol. The Balaban J connectivity index is 2.49. The van der Waals surface area contributed by atoms with Crippen molar-refractivity contribution < 1.29 is 13.6 Å². The van der Waals surface area contributed by atoms with E-state index in [1.165, 1.54) is 0 Å². The van der Waals surface area contributed by atoms with Crippen molar-refractivity contribution in [2.45, 2.75) is 25.3 Å². The average Bonchev–Trinajstić information content (AvgIpc) is 2.08. The van der Waals surface area contributed by atoms with Crippen LogP contribution in [0.15, 0.2) is 0 Å². The molecule has 0 aromatic rings. The molecule has 0 saturated carbocycles. The Morgan fingerprint density at radius 2 is 2.45 bits per heavy atom. The van der Waals surface area contributed by atoms with Crippen LogP contribution in [0.2, 0.25) is 0 Å². The summed E-state index contributed by atoms with van der Waals surface area (Å²) in [5, 5.41) is -0.161. The van der Waals surface area contributed by atoms with Crippen molar-refractivity contribution in [2.75, 3.05) is 12.8 Å². The van der Waals surface area contributed by atoms with E-state index in [-0.39, 0.29) is 11.5 Å². The predicted octanol–water partition coefficient (Wildman–Crippen LogP) is 2.24. The number of alkyl halides is 1. The molecule has 1 saturated heterocycles. The molecular weight excluding hydrogens is 186 g/mol. The van der Waals surface area contributed by atoms with Crippen LogP contribution in [0.25, 0.3) is 0 Å². The Kier molecular flexibility index (Phi) is 2.98. The molecule has 0 amide bonds. The lowest BCUT2D eigenvalue weighted by molar-refractivity contribution is 0.256. The van der Waals surface area contributed by atoms with Crippen molar-refractivity contribution in [3.8, 4) is 0 Å². The summed E-state index contributed by atoms with van der Waals surface area (Å²) in [7, 11) is -2.81. The molecule has 0 aromatic heterocycles. The molecule has 0 spiro atoms. The van der Waals surface area contributed by atoms with Crippen LogP contribution in [0.4, 0.5) is 0 Å². The minimum absolute atomic E-state index is 0.0590. The lowest BCUT2D eigenvalue weighted by Gasteiger charge is -2.10. The Labute approximate surface area is 71.6 Å². The largest absolute Gasteiger partial charge is 0.332 e. The summed E-state index contributed by atoms with van der Waals surface area (Å²) in [6, 6.07) is 0. The fourth-order valence-corrected chi connectivity index (χ4v) is 3.38. The van der Waals surface area contributed by atoms with Gasteiger partial charge in [-0.25, -0.2) is 0 Å². The second kappa shape index (κ2) is 3.44. The summed E-state index contributed by atoms with van der Waals surface area (Å²) in [5.74, 6) is 0. The first kappa shape index (κ1) is 9.53. The second-order valence-electron chi connectivity index (χ2n) is 2.79. The zero-order chi connectivity index (χ0) is 8.48. The third kappa shape index (κ3) is 2.75. The Morgan fingerprint density at radius 1 is 1.82 bits per heavy atom. The molecule has 66 valence electrons. The second-order valence-corrected chi connectivity index (χ2v) is 5.59. The minimum atomic E-state index is -2.81. The van der Waals surface area contributed by atoms with Crippen LogP contribution >= 0.6 is 19.2 Å². The molecule has 1 rings (SSSR count). The van der Waals surface area contributed by atoms with Crippen molar-refractivity contribution in [2.24, 2.45) is 0 Å². The van der Waals surface area contributed by atoms with Crippen LogP contribution in [0.1, 0.15) is 13.8 Å². The van der Waals surface area contributed by atoms with Gasteiger partial charge >= 0.3 is 7.60 Å². The number of hydrogen-bond acceptors (Lipinski definition) is 3. The zero-order valence-electron chi connectivity index (χ0n) is 6.62. The quantitative estimate of drug-likeness (QED) is 0.504. The third-order valence-electron chi connectivity index (χ3n) is 1.32. The molecule has 3 unspecified atom stereocenters. The minimum Gasteiger partial charge on any atom is -0.306 e. The van der Waals surface area contributed by atoms with E-state index in [2.05, 4.69) is 0 Å². The standard InChI is InChI=1S/C6H12ClO3P/c1-5(7)4-11(8)9-3-6(2)10-11/h5-6H,3-4H2,1-2H3. The monoisotopic (exact) mass is 198 g/mol. The van der Waals surface area contributed by atoms with E-state index in [0.29, 0.717) is 12.8 Å². The van der Waals surface area contributed by atoms with E-state index in [9.17, 15) is 4.57 Å². The first-order chi connectivity index (χ1) is 5.02. The van der Waals surface area contributed by atoms with Gasteiger partial charge in [-0.2, -0.15) is 0 Å². The maximum atomic E-state index is 11.5. The van der Waals surface area contributed by atoms with E-state index >= 15 is 0 Å². The van der Waals surface area contributed by atoms with Crippen molar-refractivity contribution in [3.05, 3.63) is 0 Å². The molecular formula is C6H12ClO3P. The maximum absolute atomic E-state index is 11.5. The third-order valence-corrected chi connectivity index (χ3v) is 3.91. The first-order valence-corrected chi connectivity index (χ1v) is 5.74. The fraction of sp³-hybridized carbons (Fsp3) is 1.00. The van der Waals surface area contributed by atoms with Gasteiger partial charge in [-0.05, 0) is 13.8 Å². The van der Waals surface area contributed by atoms with Crippen molar-refractivity contribution in [3.63, 3.8) is 0 Å². The van der Waals surface area contributed by atoms with Gasteiger partial charge in [0.2, 0.25) is 0 Å². The summed E-state index contributed by atoms with van der Waals surface area (Å²) < 4.78 is 21.6. The molecule has 0 radical (unpaired) electrons. The highest BCUT2D eigenvalue weighted by molar-refractivity contribution is 7.54. The van der Waals surface area contributed by atoms with E-state index in [1.807, 2.05) is 6.92 Å². The van der Waals surface area contributed by atoms with Crippen molar-refractivity contribution in [1.29, 1.82) is 0 Å². The Morgan fingerprint density at radius 3 is 2.82 bits per heavy atom. The highest BCUT2D eigenvalue weighted by Gasteiger charge is 2.35. The zero-order valence-corrected chi connectivity index (χ0v) is 8.27. The molecule has 1 fully saturated rings. The van der Waals surface area contributed by atoms with E-state index in [4.69, 9.17) is 20.6 Å². The van der Waals surface area contributed by atoms with Crippen LogP contribution in [-0.2, 0) is 13.6 Å². The normalized spacial score (nSPS) is 40.8. The van der Waals surface area contributed by atoms with Crippen molar-refractivity contribution >= 4 is 19.2 Å². The van der Waals surface area contributed by atoms with Crippen LogP contribution in [0, 0.1) is 0 Å². The molecule has 0 N–H and O–H groups in total. The number of hydrogen-bond donors (Lipinski definition) is 0. The van der Waals surface area contributed by atoms with Crippen LogP contribution in [-0.4, -0.2) is 24.2 Å². The predicted molar refractivity (Wildman–Crippen MR) is 44.3 cm³/mol. The SMILES string of the molecule is CC(Cl)CP1(=O)OCC(C)O1. The molecule has 1 heterocycles. The molecule has 1 aliphatic rings. The molecule has 11 heavy (non-hydrogen) atoms. The smallest absolute Gasteiger partial charge is 0.306 e. The maximum Gasteiger partial charge on any atom is 0.332 e. The molecule has 1 aliphatic heterocycles.